The van der Waals surface area contributed by atoms with Crippen molar-refractivity contribution in [2.24, 2.45) is 5.41 Å². The van der Waals surface area contributed by atoms with Crippen LogP contribution in [0.15, 0.2) is 0 Å². The van der Waals surface area contributed by atoms with Gasteiger partial charge in [0.05, 0.1) is 0 Å². The molecule has 0 saturated carbocycles. The molecule has 0 aliphatic carbocycles. The summed E-state index contributed by atoms with van der Waals surface area (Å²) in [6.45, 7) is 7.60. The van der Waals surface area contributed by atoms with Gasteiger partial charge in [0.25, 0.3) is 0 Å². The second-order valence-electron chi connectivity index (χ2n) is 6.99. The molecule has 0 aromatic carbocycles. The fourth-order valence-corrected chi connectivity index (χ4v) is 3.37. The van der Waals surface area contributed by atoms with Crippen molar-refractivity contribution >= 4 is 12.2 Å². The van der Waals surface area contributed by atoms with Crippen molar-refractivity contribution in [1.29, 1.82) is 0 Å². The molecule has 6 heteroatoms. The zero-order chi connectivity index (χ0) is 15.7. The van der Waals surface area contributed by atoms with Crippen LogP contribution in [0, 0.1) is 5.41 Å². The fourth-order valence-electron chi connectivity index (χ4n) is 3.37. The molecular weight excluding hydrogens is 272 g/mol. The Morgan fingerprint density at radius 1 is 1.05 bits per heavy atom. The van der Waals surface area contributed by atoms with Crippen molar-refractivity contribution in [3.05, 3.63) is 0 Å². The average Bonchev–Trinajstić information content (AvgIpc) is 2.84. The van der Waals surface area contributed by atoms with Gasteiger partial charge in [-0.3, -0.25) is 4.90 Å². The molecule has 2 heterocycles. The number of carboxylic acid groups (broad SMARTS) is 1. The Kier molecular flexibility index (Phi) is 4.35. The summed E-state index contributed by atoms with van der Waals surface area (Å²) in [5.41, 5.74) is -1.53. The van der Waals surface area contributed by atoms with Crippen molar-refractivity contribution in [3.8, 4) is 0 Å². The Hall–Kier alpha value is -1.46. The zero-order valence-corrected chi connectivity index (χ0v) is 13.2. The molecule has 0 spiro atoms. The predicted octanol–water partition coefficient (Wildman–Crippen LogP) is 3.13. The summed E-state index contributed by atoms with van der Waals surface area (Å²) >= 11 is 0. The highest BCUT2D eigenvalue weighted by molar-refractivity contribution is 5.71. The summed E-state index contributed by atoms with van der Waals surface area (Å²) in [6, 6.07) is 0. The van der Waals surface area contributed by atoms with E-state index in [9.17, 15) is 14.7 Å². The second kappa shape index (κ2) is 5.73. The summed E-state index contributed by atoms with van der Waals surface area (Å²) in [7, 11) is 0. The number of nitrogens with zero attached hydrogens (tertiary/aromatic N) is 2. The molecule has 0 aromatic heterocycles. The number of rotatable bonds is 1. The minimum Gasteiger partial charge on any atom is -0.465 e. The molecule has 120 valence electrons. The van der Waals surface area contributed by atoms with Gasteiger partial charge in [-0.05, 0) is 25.7 Å². The van der Waals surface area contributed by atoms with Crippen LogP contribution in [-0.2, 0) is 4.74 Å². The smallest absolute Gasteiger partial charge is 0.411 e. The average molecular weight is 298 g/mol. The molecule has 2 saturated heterocycles. The van der Waals surface area contributed by atoms with Gasteiger partial charge in [0.15, 0.2) is 5.72 Å². The second-order valence-corrected chi connectivity index (χ2v) is 6.99. The molecule has 1 atom stereocenters. The molecule has 0 radical (unpaired) electrons. The maximum absolute atomic E-state index is 12.5. The molecule has 1 unspecified atom stereocenters. The molecule has 0 aromatic rings. The Morgan fingerprint density at radius 3 is 2.19 bits per heavy atom. The van der Waals surface area contributed by atoms with E-state index in [4.69, 9.17) is 4.74 Å². The number of ether oxygens (including phenoxy) is 1. The van der Waals surface area contributed by atoms with Crippen molar-refractivity contribution in [3.63, 3.8) is 0 Å². The van der Waals surface area contributed by atoms with Crippen LogP contribution in [0.3, 0.4) is 0 Å². The predicted molar refractivity (Wildman–Crippen MR) is 78.1 cm³/mol. The van der Waals surface area contributed by atoms with Gasteiger partial charge in [0, 0.05) is 31.5 Å². The molecule has 6 nitrogen and oxygen atoms in total. The number of likely N-dealkylation sites (tertiary alicyclic amines) is 2. The van der Waals surface area contributed by atoms with E-state index in [-0.39, 0.29) is 6.09 Å². The number of hydrogen-bond acceptors (Lipinski definition) is 3. The molecule has 2 rings (SSSR count). The highest BCUT2D eigenvalue weighted by Gasteiger charge is 2.55. The molecule has 2 fully saturated rings. The lowest BCUT2D eigenvalue weighted by Gasteiger charge is -2.46. The lowest BCUT2D eigenvalue weighted by Crippen LogP contribution is -2.59. The van der Waals surface area contributed by atoms with Gasteiger partial charge in [-0.1, -0.05) is 20.8 Å². The van der Waals surface area contributed by atoms with Gasteiger partial charge < -0.3 is 14.7 Å². The van der Waals surface area contributed by atoms with E-state index in [0.29, 0.717) is 26.1 Å². The first-order valence-electron chi connectivity index (χ1n) is 7.76. The number of piperidine rings is 1. The summed E-state index contributed by atoms with van der Waals surface area (Å²) in [5, 5.41) is 9.46. The number of hydrogen-bond donors (Lipinski definition) is 1. The van der Waals surface area contributed by atoms with Crippen molar-refractivity contribution in [2.45, 2.75) is 58.6 Å². The number of carbonyl (C=O) groups is 2. The van der Waals surface area contributed by atoms with E-state index in [1.54, 1.807) is 4.90 Å². The van der Waals surface area contributed by atoms with Gasteiger partial charge in [-0.2, -0.15) is 0 Å². The molecule has 1 N–H and O–H groups in total. The van der Waals surface area contributed by atoms with E-state index < -0.39 is 17.2 Å². The third-order valence-corrected chi connectivity index (χ3v) is 4.61. The van der Waals surface area contributed by atoms with Gasteiger partial charge in [0.2, 0.25) is 0 Å². The zero-order valence-electron chi connectivity index (χ0n) is 13.2. The van der Waals surface area contributed by atoms with Crippen LogP contribution in [0.2, 0.25) is 0 Å². The highest BCUT2D eigenvalue weighted by Crippen LogP contribution is 2.45. The maximum atomic E-state index is 12.5. The molecular formula is C15H26N2O4. The largest absolute Gasteiger partial charge is 0.465 e. The van der Waals surface area contributed by atoms with E-state index >= 15 is 0 Å². The first-order chi connectivity index (χ1) is 9.78. The van der Waals surface area contributed by atoms with Gasteiger partial charge in [-0.25, -0.2) is 9.59 Å². The van der Waals surface area contributed by atoms with Crippen LogP contribution in [0.25, 0.3) is 0 Å². The number of carbonyl (C=O) groups excluding carboxylic acids is 1. The van der Waals surface area contributed by atoms with E-state index in [1.165, 1.54) is 4.90 Å². The minimum atomic E-state index is -1.06. The summed E-state index contributed by atoms with van der Waals surface area (Å²) in [5.74, 6) is 0. The summed E-state index contributed by atoms with van der Waals surface area (Å²) < 4.78 is 5.81. The topological polar surface area (TPSA) is 70.1 Å². The van der Waals surface area contributed by atoms with Crippen LogP contribution in [0.4, 0.5) is 9.59 Å². The van der Waals surface area contributed by atoms with E-state index in [0.717, 1.165) is 25.7 Å². The van der Waals surface area contributed by atoms with Gasteiger partial charge in [0.1, 0.15) is 0 Å². The summed E-state index contributed by atoms with van der Waals surface area (Å²) in [6.07, 6.45) is 2.99. The van der Waals surface area contributed by atoms with Crippen LogP contribution in [0.1, 0.15) is 52.9 Å². The quantitative estimate of drug-likeness (QED) is 0.807. The van der Waals surface area contributed by atoms with Crippen molar-refractivity contribution < 1.29 is 19.4 Å². The molecule has 2 aliphatic heterocycles. The number of amides is 2. The third kappa shape index (κ3) is 2.94. The lowest BCUT2D eigenvalue weighted by molar-refractivity contribution is -0.151. The highest BCUT2D eigenvalue weighted by atomic mass is 16.6. The first kappa shape index (κ1) is 15.9. The minimum absolute atomic E-state index is 0.377. The molecule has 21 heavy (non-hydrogen) atoms. The Bertz CT molecular complexity index is 412. The van der Waals surface area contributed by atoms with E-state index in [1.807, 2.05) is 20.8 Å². The molecule has 0 bridgehead atoms. The maximum Gasteiger partial charge on any atom is 0.411 e. The van der Waals surface area contributed by atoms with Crippen LogP contribution >= 0.6 is 0 Å². The van der Waals surface area contributed by atoms with Gasteiger partial charge >= 0.3 is 12.2 Å². The Labute approximate surface area is 126 Å². The lowest BCUT2D eigenvalue weighted by atomic mass is 9.81. The normalized spacial score (nSPS) is 26.8. The van der Waals surface area contributed by atoms with E-state index in [2.05, 4.69) is 0 Å². The van der Waals surface area contributed by atoms with Crippen LogP contribution in [0.5, 0.6) is 0 Å². The van der Waals surface area contributed by atoms with Crippen LogP contribution < -0.4 is 0 Å². The Morgan fingerprint density at radius 2 is 1.67 bits per heavy atom. The third-order valence-electron chi connectivity index (χ3n) is 4.61. The summed E-state index contributed by atoms with van der Waals surface area (Å²) in [4.78, 5) is 27.0. The van der Waals surface area contributed by atoms with Crippen LogP contribution in [-0.4, -0.2) is 52.5 Å². The fraction of sp³-hybridized carbons (Fsp3) is 0.867. The monoisotopic (exact) mass is 298 g/mol. The SMILES string of the molecule is CC(C)(C)C1(OC(=O)N2CCCCC2)CCCN1C(=O)O. The Balaban J connectivity index is 2.21. The standard InChI is InChI=1S/C15H26N2O4/c1-14(2,3)15(8-7-11-17(15)12(18)19)21-13(20)16-9-5-4-6-10-16/h4-11H2,1-3H3,(H,18,19). The van der Waals surface area contributed by atoms with Crippen molar-refractivity contribution in [2.75, 3.05) is 19.6 Å². The van der Waals surface area contributed by atoms with Crippen molar-refractivity contribution in [1.82, 2.24) is 9.80 Å². The molecule has 2 amide bonds. The molecule has 2 aliphatic rings. The first-order valence-corrected chi connectivity index (χ1v) is 7.76. The van der Waals surface area contributed by atoms with Gasteiger partial charge in [-0.15, -0.1) is 0 Å².